The van der Waals surface area contributed by atoms with Gasteiger partial charge in [0.15, 0.2) is 0 Å². The second-order valence-corrected chi connectivity index (χ2v) is 8.99. The van der Waals surface area contributed by atoms with E-state index >= 15 is 0 Å². The molecule has 7 nitrogen and oxygen atoms in total. The number of carbonyl (C=O) groups excluding carboxylic acids is 2. The fourth-order valence-corrected chi connectivity index (χ4v) is 4.61. The Morgan fingerprint density at radius 1 is 1.09 bits per heavy atom. The van der Waals surface area contributed by atoms with Gasteiger partial charge in [-0.25, -0.2) is 9.78 Å². The fourth-order valence-electron chi connectivity index (χ4n) is 3.71. The van der Waals surface area contributed by atoms with Crippen LogP contribution in [0.4, 0.5) is 0 Å². The molecule has 174 valence electrons. The maximum atomic E-state index is 13.2. The van der Waals surface area contributed by atoms with E-state index in [9.17, 15) is 14.4 Å². The van der Waals surface area contributed by atoms with Gasteiger partial charge in [-0.05, 0) is 30.2 Å². The van der Waals surface area contributed by atoms with Crippen LogP contribution in [0.1, 0.15) is 27.9 Å². The Hall–Kier alpha value is -3.78. The summed E-state index contributed by atoms with van der Waals surface area (Å²) in [7, 11) is 3.05. The van der Waals surface area contributed by atoms with Gasteiger partial charge in [0.05, 0.1) is 24.4 Å². The number of hydrogen-bond acceptors (Lipinski definition) is 6. The molecular weight excluding hydrogens is 450 g/mol. The van der Waals surface area contributed by atoms with Crippen LogP contribution in [0.3, 0.4) is 0 Å². The van der Waals surface area contributed by atoms with E-state index in [1.165, 1.54) is 29.3 Å². The summed E-state index contributed by atoms with van der Waals surface area (Å²) < 4.78 is 6.21. The molecule has 0 N–H and O–H groups in total. The van der Waals surface area contributed by atoms with Crippen LogP contribution in [0, 0.1) is 6.92 Å². The van der Waals surface area contributed by atoms with E-state index in [-0.39, 0.29) is 24.4 Å². The van der Waals surface area contributed by atoms with Gasteiger partial charge in [-0.3, -0.25) is 14.2 Å². The van der Waals surface area contributed by atoms with Crippen molar-refractivity contribution in [2.45, 2.75) is 26.4 Å². The van der Waals surface area contributed by atoms with Crippen LogP contribution >= 0.6 is 11.3 Å². The molecule has 0 atom stereocenters. The molecule has 0 bridgehead atoms. The summed E-state index contributed by atoms with van der Waals surface area (Å²) in [4.78, 5) is 44.2. The van der Waals surface area contributed by atoms with Gasteiger partial charge >= 0.3 is 5.97 Å². The predicted octanol–water partition coefficient (Wildman–Crippen LogP) is 4.27. The van der Waals surface area contributed by atoms with Gasteiger partial charge in [-0.1, -0.05) is 42.0 Å². The van der Waals surface area contributed by atoms with Crippen molar-refractivity contribution in [3.05, 3.63) is 87.3 Å². The van der Waals surface area contributed by atoms with Crippen molar-refractivity contribution in [2.24, 2.45) is 0 Å². The lowest BCUT2D eigenvalue weighted by atomic mass is 10.1. The molecule has 0 unspecified atom stereocenters. The van der Waals surface area contributed by atoms with Crippen LogP contribution in [0.5, 0.6) is 0 Å². The zero-order valence-electron chi connectivity index (χ0n) is 19.3. The Kier molecular flexibility index (Phi) is 6.88. The van der Waals surface area contributed by atoms with Crippen LogP contribution in [-0.2, 0) is 22.6 Å². The van der Waals surface area contributed by atoms with E-state index < -0.39 is 5.97 Å². The monoisotopic (exact) mass is 475 g/mol. The maximum absolute atomic E-state index is 13.2. The molecule has 2 heterocycles. The first-order chi connectivity index (χ1) is 16.4. The average molecular weight is 476 g/mol. The first kappa shape index (κ1) is 23.4. The second-order valence-electron chi connectivity index (χ2n) is 8.13. The number of amides is 1. The van der Waals surface area contributed by atoms with Gasteiger partial charge in [-0.2, -0.15) is 0 Å². The minimum atomic E-state index is -0.400. The molecule has 2 aromatic carbocycles. The summed E-state index contributed by atoms with van der Waals surface area (Å²) in [5.74, 6) is -0.490. The number of nitrogens with zero attached hydrogens (tertiary/aromatic N) is 3. The molecule has 2 aromatic heterocycles. The van der Waals surface area contributed by atoms with Gasteiger partial charge in [0.1, 0.15) is 4.83 Å². The molecular formula is C26H25N3O4S. The lowest BCUT2D eigenvalue weighted by molar-refractivity contribution is -0.130. The van der Waals surface area contributed by atoms with Crippen molar-refractivity contribution < 1.29 is 14.3 Å². The lowest BCUT2D eigenvalue weighted by Gasteiger charge is -2.18. The van der Waals surface area contributed by atoms with Crippen molar-refractivity contribution in [1.82, 2.24) is 14.5 Å². The number of ether oxygens (including phenoxy) is 1. The number of aryl methyl sites for hydroxylation is 2. The standard InChI is InChI=1S/C26H25N3O4S/c1-17-4-8-19(9-5-17)21-15-34-24-23(21)25(31)29(16-27-24)13-12-22(30)28(2)14-18-6-10-20(11-7-18)26(32)33-3/h4-11,15-16H,12-14H2,1-3H3. The first-order valence-electron chi connectivity index (χ1n) is 10.8. The minimum absolute atomic E-state index is 0.0897. The Balaban J connectivity index is 1.45. The summed E-state index contributed by atoms with van der Waals surface area (Å²) in [6.45, 7) is 2.67. The number of aromatic nitrogens is 2. The van der Waals surface area contributed by atoms with Crippen LogP contribution in [0.2, 0.25) is 0 Å². The van der Waals surface area contributed by atoms with Crippen molar-refractivity contribution in [2.75, 3.05) is 14.2 Å². The minimum Gasteiger partial charge on any atom is -0.465 e. The van der Waals surface area contributed by atoms with E-state index in [2.05, 4.69) is 4.98 Å². The number of thiophene rings is 1. The Labute approximate surface area is 201 Å². The fraction of sp³-hybridized carbons (Fsp3) is 0.231. The lowest BCUT2D eigenvalue weighted by Crippen LogP contribution is -2.29. The Morgan fingerprint density at radius 3 is 2.47 bits per heavy atom. The number of methoxy groups -OCH3 is 1. The molecule has 0 radical (unpaired) electrons. The molecule has 1 amide bonds. The Bertz CT molecular complexity index is 1390. The highest BCUT2D eigenvalue weighted by molar-refractivity contribution is 7.17. The number of fused-ring (bicyclic) bond motifs is 1. The molecule has 8 heteroatoms. The summed E-state index contributed by atoms with van der Waals surface area (Å²) in [5, 5.41) is 2.54. The average Bonchev–Trinajstić information content (AvgIpc) is 3.29. The third-order valence-electron chi connectivity index (χ3n) is 5.71. The van der Waals surface area contributed by atoms with Gasteiger partial charge in [0, 0.05) is 37.5 Å². The smallest absolute Gasteiger partial charge is 0.337 e. The van der Waals surface area contributed by atoms with E-state index in [4.69, 9.17) is 4.74 Å². The molecule has 0 fully saturated rings. The summed E-state index contributed by atoms with van der Waals surface area (Å²) >= 11 is 1.44. The molecule has 0 saturated carbocycles. The highest BCUT2D eigenvalue weighted by atomic mass is 32.1. The summed E-state index contributed by atoms with van der Waals surface area (Å²) in [6, 6.07) is 15.0. The van der Waals surface area contributed by atoms with Crippen molar-refractivity contribution in [3.8, 4) is 11.1 Å². The zero-order valence-corrected chi connectivity index (χ0v) is 20.1. The van der Waals surface area contributed by atoms with Gasteiger partial charge in [0.25, 0.3) is 5.56 Å². The molecule has 0 spiro atoms. The topological polar surface area (TPSA) is 81.5 Å². The predicted molar refractivity (Wildman–Crippen MR) is 133 cm³/mol. The number of rotatable bonds is 7. The quantitative estimate of drug-likeness (QED) is 0.373. The van der Waals surface area contributed by atoms with Crippen molar-refractivity contribution >= 4 is 33.4 Å². The van der Waals surface area contributed by atoms with Crippen LogP contribution in [-0.4, -0.2) is 40.5 Å². The molecule has 0 aliphatic rings. The molecule has 0 saturated heterocycles. The largest absolute Gasteiger partial charge is 0.465 e. The number of hydrogen-bond donors (Lipinski definition) is 0. The Morgan fingerprint density at radius 2 is 1.79 bits per heavy atom. The van der Waals surface area contributed by atoms with E-state index in [0.29, 0.717) is 22.3 Å². The third kappa shape index (κ3) is 4.92. The summed E-state index contributed by atoms with van der Waals surface area (Å²) in [6.07, 6.45) is 1.69. The summed E-state index contributed by atoms with van der Waals surface area (Å²) in [5.41, 5.74) is 4.20. The van der Waals surface area contributed by atoms with Crippen LogP contribution in [0.15, 0.2) is 65.0 Å². The van der Waals surface area contributed by atoms with Gasteiger partial charge in [0.2, 0.25) is 5.91 Å². The van der Waals surface area contributed by atoms with Crippen molar-refractivity contribution in [1.29, 1.82) is 0 Å². The second kappa shape index (κ2) is 10.0. The zero-order chi connectivity index (χ0) is 24.2. The number of carbonyl (C=O) groups is 2. The maximum Gasteiger partial charge on any atom is 0.337 e. The third-order valence-corrected chi connectivity index (χ3v) is 6.60. The number of benzene rings is 2. The number of esters is 1. The molecule has 34 heavy (non-hydrogen) atoms. The molecule has 0 aliphatic carbocycles. The van der Waals surface area contributed by atoms with Gasteiger partial charge in [-0.15, -0.1) is 11.3 Å². The van der Waals surface area contributed by atoms with E-state index in [1.807, 2.05) is 36.6 Å². The van der Waals surface area contributed by atoms with Crippen molar-refractivity contribution in [3.63, 3.8) is 0 Å². The van der Waals surface area contributed by atoms with Crippen LogP contribution < -0.4 is 5.56 Å². The van der Waals surface area contributed by atoms with E-state index in [0.717, 1.165) is 22.3 Å². The molecule has 0 aliphatic heterocycles. The molecule has 4 rings (SSSR count). The van der Waals surface area contributed by atoms with E-state index in [1.54, 1.807) is 36.2 Å². The van der Waals surface area contributed by atoms with Crippen LogP contribution in [0.25, 0.3) is 21.3 Å². The molecule has 4 aromatic rings. The normalized spacial score (nSPS) is 10.9. The highest BCUT2D eigenvalue weighted by Crippen LogP contribution is 2.30. The first-order valence-corrected chi connectivity index (χ1v) is 11.7. The van der Waals surface area contributed by atoms with Gasteiger partial charge < -0.3 is 9.64 Å². The highest BCUT2D eigenvalue weighted by Gasteiger charge is 2.15. The SMILES string of the molecule is COC(=O)c1ccc(CN(C)C(=O)CCn2cnc3scc(-c4ccc(C)cc4)c3c2=O)cc1.